The van der Waals surface area contributed by atoms with E-state index in [0.717, 1.165) is 32.2 Å². The minimum absolute atomic E-state index is 0.654. The molecule has 0 aliphatic carbocycles. The molecule has 2 fully saturated rings. The Hall–Kier alpha value is -0.870. The number of hydrogen-bond acceptors (Lipinski definition) is 3. The standard InChI is InChI=1S/C14H23N3O/c1-2-13(8-15-5-1)14-9-16-11-17(14)10-12-3-6-18-7-4-12/h9,11-13,15H,1-8,10H2. The average Bonchev–Trinajstić information content (AvgIpc) is 2.89. The highest BCUT2D eigenvalue weighted by molar-refractivity contribution is 5.08. The van der Waals surface area contributed by atoms with Crippen molar-refractivity contribution < 1.29 is 4.74 Å². The second-order valence-corrected chi connectivity index (χ2v) is 5.57. The van der Waals surface area contributed by atoms with Gasteiger partial charge in [0.05, 0.1) is 6.33 Å². The number of aromatic nitrogens is 2. The highest BCUT2D eigenvalue weighted by Gasteiger charge is 2.21. The van der Waals surface area contributed by atoms with Crippen LogP contribution in [0.4, 0.5) is 0 Å². The van der Waals surface area contributed by atoms with E-state index in [-0.39, 0.29) is 0 Å². The topological polar surface area (TPSA) is 39.1 Å². The van der Waals surface area contributed by atoms with E-state index in [9.17, 15) is 0 Å². The van der Waals surface area contributed by atoms with Crippen LogP contribution >= 0.6 is 0 Å². The van der Waals surface area contributed by atoms with Gasteiger partial charge in [0.1, 0.15) is 0 Å². The van der Waals surface area contributed by atoms with Crippen molar-refractivity contribution >= 4 is 0 Å². The number of hydrogen-bond donors (Lipinski definition) is 1. The number of piperidine rings is 1. The van der Waals surface area contributed by atoms with Crippen molar-refractivity contribution in [1.29, 1.82) is 0 Å². The van der Waals surface area contributed by atoms with Gasteiger partial charge in [0.25, 0.3) is 0 Å². The predicted octanol–water partition coefficient (Wildman–Crippen LogP) is 1.78. The van der Waals surface area contributed by atoms with Crippen LogP contribution in [-0.4, -0.2) is 35.9 Å². The lowest BCUT2D eigenvalue weighted by molar-refractivity contribution is 0.0609. The summed E-state index contributed by atoms with van der Waals surface area (Å²) < 4.78 is 7.81. The maximum Gasteiger partial charge on any atom is 0.0948 e. The summed E-state index contributed by atoms with van der Waals surface area (Å²) in [4.78, 5) is 4.37. The van der Waals surface area contributed by atoms with Crippen molar-refractivity contribution in [3.63, 3.8) is 0 Å². The lowest BCUT2D eigenvalue weighted by atomic mass is 9.95. The molecule has 1 aromatic heterocycles. The number of imidazole rings is 1. The smallest absolute Gasteiger partial charge is 0.0948 e. The molecule has 1 N–H and O–H groups in total. The van der Waals surface area contributed by atoms with E-state index in [2.05, 4.69) is 21.1 Å². The molecule has 1 aromatic rings. The maximum atomic E-state index is 5.43. The normalized spacial score (nSPS) is 26.3. The lowest BCUT2D eigenvalue weighted by Crippen LogP contribution is -2.30. The fourth-order valence-corrected chi connectivity index (χ4v) is 3.13. The molecule has 1 unspecified atom stereocenters. The van der Waals surface area contributed by atoms with E-state index in [1.807, 2.05) is 6.33 Å². The van der Waals surface area contributed by atoms with E-state index in [1.165, 1.54) is 37.9 Å². The van der Waals surface area contributed by atoms with Crippen molar-refractivity contribution in [2.45, 2.75) is 38.1 Å². The van der Waals surface area contributed by atoms with E-state index in [1.54, 1.807) is 0 Å². The Morgan fingerprint density at radius 3 is 3.00 bits per heavy atom. The van der Waals surface area contributed by atoms with Crippen LogP contribution in [0.15, 0.2) is 12.5 Å². The zero-order chi connectivity index (χ0) is 12.2. The van der Waals surface area contributed by atoms with Gasteiger partial charge in [-0.05, 0) is 38.1 Å². The molecule has 2 aliphatic rings. The van der Waals surface area contributed by atoms with Gasteiger partial charge in [-0.1, -0.05) is 0 Å². The molecular weight excluding hydrogens is 226 g/mol. The summed E-state index contributed by atoms with van der Waals surface area (Å²) in [5.74, 6) is 1.42. The zero-order valence-electron chi connectivity index (χ0n) is 11.0. The lowest BCUT2D eigenvalue weighted by Gasteiger charge is -2.27. The summed E-state index contributed by atoms with van der Waals surface area (Å²) in [5.41, 5.74) is 1.42. The molecule has 0 saturated carbocycles. The van der Waals surface area contributed by atoms with Crippen LogP contribution in [0.5, 0.6) is 0 Å². The summed E-state index contributed by atoms with van der Waals surface area (Å²) in [7, 11) is 0. The predicted molar refractivity (Wildman–Crippen MR) is 70.6 cm³/mol. The van der Waals surface area contributed by atoms with Crippen molar-refractivity contribution in [2.75, 3.05) is 26.3 Å². The summed E-state index contributed by atoms with van der Waals surface area (Å²) >= 11 is 0. The quantitative estimate of drug-likeness (QED) is 0.887. The van der Waals surface area contributed by atoms with E-state index >= 15 is 0 Å². The Morgan fingerprint density at radius 1 is 1.33 bits per heavy atom. The number of ether oxygens (including phenoxy) is 1. The van der Waals surface area contributed by atoms with Gasteiger partial charge in [0.15, 0.2) is 0 Å². The van der Waals surface area contributed by atoms with Gasteiger partial charge >= 0.3 is 0 Å². The molecule has 4 nitrogen and oxygen atoms in total. The van der Waals surface area contributed by atoms with E-state index in [0.29, 0.717) is 5.92 Å². The highest BCUT2D eigenvalue weighted by atomic mass is 16.5. The Balaban J connectivity index is 1.66. The average molecular weight is 249 g/mol. The first-order valence-corrected chi connectivity index (χ1v) is 7.22. The number of nitrogens with one attached hydrogen (secondary N) is 1. The minimum atomic E-state index is 0.654. The maximum absolute atomic E-state index is 5.43. The second kappa shape index (κ2) is 5.85. The van der Waals surface area contributed by atoms with Gasteiger partial charge in [-0.25, -0.2) is 4.98 Å². The van der Waals surface area contributed by atoms with E-state index in [4.69, 9.17) is 4.74 Å². The van der Waals surface area contributed by atoms with Crippen LogP contribution in [0.3, 0.4) is 0 Å². The van der Waals surface area contributed by atoms with Gasteiger partial charge in [-0.15, -0.1) is 0 Å². The third-order valence-electron chi connectivity index (χ3n) is 4.26. The van der Waals surface area contributed by atoms with Crippen LogP contribution in [0, 0.1) is 5.92 Å². The van der Waals surface area contributed by atoms with Crippen molar-refractivity contribution in [1.82, 2.24) is 14.9 Å². The van der Waals surface area contributed by atoms with Gasteiger partial charge in [-0.2, -0.15) is 0 Å². The third kappa shape index (κ3) is 2.75. The number of nitrogens with zero attached hydrogens (tertiary/aromatic N) is 2. The van der Waals surface area contributed by atoms with Crippen molar-refractivity contribution in [2.24, 2.45) is 5.92 Å². The largest absolute Gasteiger partial charge is 0.381 e. The molecule has 0 bridgehead atoms. The highest BCUT2D eigenvalue weighted by Crippen LogP contribution is 2.25. The molecule has 100 valence electrons. The van der Waals surface area contributed by atoms with Crippen molar-refractivity contribution in [3.8, 4) is 0 Å². The summed E-state index contributed by atoms with van der Waals surface area (Å²) in [6.45, 7) is 5.26. The van der Waals surface area contributed by atoms with Gasteiger partial charge in [0.2, 0.25) is 0 Å². The fraction of sp³-hybridized carbons (Fsp3) is 0.786. The van der Waals surface area contributed by atoms with Crippen LogP contribution in [0.2, 0.25) is 0 Å². The van der Waals surface area contributed by atoms with Gasteiger partial charge in [0, 0.05) is 44.1 Å². The SMILES string of the molecule is c1ncn(CC2CCOCC2)c1C1CCCNC1. The minimum Gasteiger partial charge on any atom is -0.381 e. The molecule has 18 heavy (non-hydrogen) atoms. The summed E-state index contributed by atoms with van der Waals surface area (Å²) in [6, 6.07) is 0. The summed E-state index contributed by atoms with van der Waals surface area (Å²) in [5, 5.41) is 3.49. The monoisotopic (exact) mass is 249 g/mol. The van der Waals surface area contributed by atoms with Crippen LogP contribution < -0.4 is 5.32 Å². The molecule has 0 aromatic carbocycles. The molecule has 2 saturated heterocycles. The first kappa shape index (κ1) is 12.2. The molecule has 3 rings (SSSR count). The molecule has 1 atom stereocenters. The van der Waals surface area contributed by atoms with Crippen LogP contribution in [-0.2, 0) is 11.3 Å². The molecule has 0 amide bonds. The Labute approximate surface area is 109 Å². The van der Waals surface area contributed by atoms with Gasteiger partial charge in [-0.3, -0.25) is 0 Å². The molecule has 0 radical (unpaired) electrons. The third-order valence-corrected chi connectivity index (χ3v) is 4.26. The molecule has 2 aliphatic heterocycles. The summed E-state index contributed by atoms with van der Waals surface area (Å²) in [6.07, 6.45) is 9.05. The molecule has 4 heteroatoms. The molecule has 0 spiro atoms. The Bertz CT molecular complexity index is 365. The van der Waals surface area contributed by atoms with Crippen LogP contribution in [0.25, 0.3) is 0 Å². The van der Waals surface area contributed by atoms with Crippen LogP contribution in [0.1, 0.15) is 37.3 Å². The van der Waals surface area contributed by atoms with E-state index < -0.39 is 0 Å². The van der Waals surface area contributed by atoms with Crippen molar-refractivity contribution in [3.05, 3.63) is 18.2 Å². The molecular formula is C14H23N3O. The Kier molecular flexibility index (Phi) is 3.96. The zero-order valence-corrected chi connectivity index (χ0v) is 11.0. The Morgan fingerprint density at radius 2 is 2.22 bits per heavy atom. The first-order chi connectivity index (χ1) is 8.93. The second-order valence-electron chi connectivity index (χ2n) is 5.57. The van der Waals surface area contributed by atoms with Gasteiger partial charge < -0.3 is 14.6 Å². The number of rotatable bonds is 3. The first-order valence-electron chi connectivity index (χ1n) is 7.22. The molecule has 3 heterocycles. The fourth-order valence-electron chi connectivity index (χ4n) is 3.13.